The molecule has 4 aromatic rings. The number of urea groups is 1. The van der Waals surface area contributed by atoms with Gasteiger partial charge in [0.1, 0.15) is 23.9 Å². The third-order valence-electron chi connectivity index (χ3n) is 14.0. The van der Waals surface area contributed by atoms with Crippen molar-refractivity contribution in [3.05, 3.63) is 71.5 Å². The van der Waals surface area contributed by atoms with Gasteiger partial charge in [0.15, 0.2) is 0 Å². The van der Waals surface area contributed by atoms with Crippen LogP contribution in [0.25, 0.3) is 33.3 Å². The number of likely N-dealkylation sites (tertiary alicyclic amines) is 1. The maximum atomic E-state index is 14.8. The van der Waals surface area contributed by atoms with Crippen LogP contribution in [0.4, 0.5) is 4.79 Å². The number of phenolic OH excluding ortho intramolecular Hbond substituents is 1. The number of amides is 5. The van der Waals surface area contributed by atoms with Crippen LogP contribution in [0.2, 0.25) is 0 Å². The van der Waals surface area contributed by atoms with Crippen molar-refractivity contribution in [2.75, 3.05) is 54.0 Å². The normalized spacial score (nSPS) is 21.6. The van der Waals surface area contributed by atoms with E-state index in [0.29, 0.717) is 51.0 Å². The molecule has 0 spiro atoms. The average Bonchev–Trinajstić information content (AvgIpc) is 4.11. The van der Waals surface area contributed by atoms with Gasteiger partial charge < -0.3 is 44.5 Å². The molecular formula is C51H67N9O8. The lowest BCUT2D eigenvalue weighted by molar-refractivity contribution is -0.155. The average molecular weight is 934 g/mol. The van der Waals surface area contributed by atoms with Crippen LogP contribution in [0.3, 0.4) is 0 Å². The first-order valence-electron chi connectivity index (χ1n) is 23.9. The minimum absolute atomic E-state index is 0.0109. The Morgan fingerprint density at radius 2 is 1.81 bits per heavy atom. The van der Waals surface area contributed by atoms with Crippen LogP contribution in [0, 0.1) is 11.3 Å². The van der Waals surface area contributed by atoms with Crippen molar-refractivity contribution in [1.29, 1.82) is 0 Å². The number of aryl methyl sites for hydroxylation is 1. The van der Waals surface area contributed by atoms with Gasteiger partial charge in [-0.2, -0.15) is 0 Å². The van der Waals surface area contributed by atoms with E-state index >= 15 is 0 Å². The third-order valence-corrected chi connectivity index (χ3v) is 14.0. The van der Waals surface area contributed by atoms with E-state index in [2.05, 4.69) is 59.6 Å². The number of aromatic hydroxyl groups is 1. The highest BCUT2D eigenvalue weighted by Crippen LogP contribution is 2.42. The van der Waals surface area contributed by atoms with Crippen molar-refractivity contribution in [3.8, 4) is 28.1 Å². The molecule has 3 fully saturated rings. The van der Waals surface area contributed by atoms with Gasteiger partial charge in [-0.15, -0.1) is 0 Å². The number of hydrogen-bond donors (Lipinski definition) is 4. The molecule has 17 nitrogen and oxygen atoms in total. The number of nitrogens with one attached hydrogen (secondary N) is 3. The number of hydrogen-bond acceptors (Lipinski definition) is 11. The summed E-state index contributed by atoms with van der Waals surface area (Å²) in [6, 6.07) is 11.8. The smallest absolute Gasteiger partial charge is 0.324 e. The topological polar surface area (TPSA) is 201 Å². The summed E-state index contributed by atoms with van der Waals surface area (Å²) in [5.74, 6) is -1.83. The van der Waals surface area contributed by atoms with Crippen LogP contribution in [-0.2, 0) is 48.0 Å². The standard InChI is InChI=1S/C51H67N9O8/c1-10-59-42-16-15-32-23-37(42)38(45(59)36-13-11-17-52-43(36)30(4)67-9)24-51(5,6)28-68-49(65)39-14-12-18-60(55-39)48(64)40(21-31-19-33(32)22-35(61)20-31)54-46(62)44(29(2)3)57(8)50(66)56(7)34-26-58(27-34)47(63)41-25-53-41/h11,13,15-17,19-20,22-23,29-30,34,39-41,44,53,55,61H,10,12,14,18,21,24-28H2,1-9H3,(H,54,62)/t30-,39-,40-,41+,44-/m0/s1. The van der Waals surface area contributed by atoms with E-state index in [1.165, 1.54) is 9.91 Å². The fraction of sp³-hybridized carbons (Fsp3) is 0.529. The third kappa shape index (κ3) is 9.78. The fourth-order valence-electron chi connectivity index (χ4n) is 10.1. The summed E-state index contributed by atoms with van der Waals surface area (Å²) >= 11 is 0. The molecule has 0 saturated carbocycles. The fourth-order valence-corrected chi connectivity index (χ4v) is 10.1. The molecule has 4 aliphatic heterocycles. The number of nitrogens with zero attached hydrogens (tertiary/aromatic N) is 6. The highest BCUT2D eigenvalue weighted by molar-refractivity contribution is 5.96. The quantitative estimate of drug-likeness (QED) is 0.128. The number of hydrazine groups is 1. The summed E-state index contributed by atoms with van der Waals surface area (Å²) < 4.78 is 14.2. The molecule has 68 heavy (non-hydrogen) atoms. The summed E-state index contributed by atoms with van der Waals surface area (Å²) in [6.07, 6.45) is 2.97. The number of fused-ring (bicyclic) bond motifs is 6. The Labute approximate surface area is 398 Å². The van der Waals surface area contributed by atoms with Gasteiger partial charge >= 0.3 is 12.0 Å². The number of ether oxygens (including phenoxy) is 2. The Bertz CT molecular complexity index is 2580. The van der Waals surface area contributed by atoms with Crippen LogP contribution in [0.5, 0.6) is 5.75 Å². The largest absolute Gasteiger partial charge is 0.508 e. The zero-order chi connectivity index (χ0) is 48.8. The minimum atomic E-state index is -1.17. The number of carbonyl (C=O) groups is 5. The zero-order valence-electron chi connectivity index (χ0n) is 40.8. The number of methoxy groups -OCH3 is 1. The Kier molecular flexibility index (Phi) is 13.9. The van der Waals surface area contributed by atoms with Gasteiger partial charge in [-0.25, -0.2) is 10.2 Å². The highest BCUT2D eigenvalue weighted by atomic mass is 16.5. The van der Waals surface area contributed by atoms with Crippen molar-refractivity contribution in [3.63, 3.8) is 0 Å². The highest BCUT2D eigenvalue weighted by Gasteiger charge is 2.44. The van der Waals surface area contributed by atoms with E-state index < -0.39 is 41.3 Å². The second kappa shape index (κ2) is 19.5. The van der Waals surface area contributed by atoms with E-state index in [-0.39, 0.29) is 61.4 Å². The van der Waals surface area contributed by atoms with Gasteiger partial charge in [-0.3, -0.25) is 29.2 Å². The Balaban J connectivity index is 1.16. The molecule has 0 aliphatic carbocycles. The first-order chi connectivity index (χ1) is 32.4. The zero-order valence-corrected chi connectivity index (χ0v) is 40.8. The van der Waals surface area contributed by atoms with Crippen molar-refractivity contribution < 1.29 is 38.6 Å². The van der Waals surface area contributed by atoms with Gasteiger partial charge in [-0.05, 0) is 97.7 Å². The minimum Gasteiger partial charge on any atom is -0.508 e. The van der Waals surface area contributed by atoms with Crippen LogP contribution < -0.4 is 16.1 Å². The van der Waals surface area contributed by atoms with E-state index in [4.69, 9.17) is 14.5 Å². The Morgan fingerprint density at radius 1 is 1.06 bits per heavy atom. The van der Waals surface area contributed by atoms with Crippen molar-refractivity contribution in [2.24, 2.45) is 11.3 Å². The molecule has 8 rings (SSSR count). The molecule has 2 aromatic heterocycles. The molecule has 364 valence electrons. The van der Waals surface area contributed by atoms with Crippen LogP contribution in [0.1, 0.15) is 77.3 Å². The van der Waals surface area contributed by atoms with Gasteiger partial charge in [0.05, 0.1) is 36.2 Å². The summed E-state index contributed by atoms with van der Waals surface area (Å²) in [5.41, 5.74) is 9.54. The molecule has 0 radical (unpaired) electrons. The lowest BCUT2D eigenvalue weighted by Gasteiger charge is -2.45. The maximum absolute atomic E-state index is 14.8. The molecular weight excluding hydrogens is 867 g/mol. The van der Waals surface area contributed by atoms with Gasteiger partial charge in [0.2, 0.25) is 11.8 Å². The van der Waals surface area contributed by atoms with Crippen LogP contribution >= 0.6 is 0 Å². The molecule has 5 amide bonds. The number of carbonyl (C=O) groups excluding carboxylic acids is 5. The summed E-state index contributed by atoms with van der Waals surface area (Å²) in [6.45, 7) is 14.4. The van der Waals surface area contributed by atoms with E-state index in [0.717, 1.165) is 44.5 Å². The Morgan fingerprint density at radius 3 is 2.50 bits per heavy atom. The lowest BCUT2D eigenvalue weighted by atomic mass is 9.84. The maximum Gasteiger partial charge on any atom is 0.324 e. The molecule has 6 bridgehead atoms. The van der Waals surface area contributed by atoms with Crippen LogP contribution in [-0.4, -0.2) is 148 Å². The molecule has 2 aromatic carbocycles. The molecule has 0 unspecified atom stereocenters. The second-order valence-corrected chi connectivity index (χ2v) is 20.1. The second-order valence-electron chi connectivity index (χ2n) is 20.1. The molecule has 3 saturated heterocycles. The summed E-state index contributed by atoms with van der Waals surface area (Å²) in [4.78, 5) is 79.3. The van der Waals surface area contributed by atoms with Crippen molar-refractivity contribution in [2.45, 2.75) is 110 Å². The number of esters is 1. The molecule has 17 heteroatoms. The van der Waals surface area contributed by atoms with E-state index in [1.54, 1.807) is 49.3 Å². The number of cyclic esters (lactones) is 1. The predicted molar refractivity (Wildman–Crippen MR) is 257 cm³/mol. The summed E-state index contributed by atoms with van der Waals surface area (Å²) in [7, 11) is 4.92. The molecule has 4 aliphatic rings. The number of benzene rings is 2. The Hall–Kier alpha value is -6.04. The SMILES string of the molecule is CCn1c(-c2cccnc2[C@H](C)OC)c2c3cc(ccc31)-c1cc(O)cc(c1)C[C@H](NC(=O)[C@H](C(C)C)N(C)C(=O)N(C)C1CN(C(=O)[C@H]3CN3)C1)C(=O)N1CCC[C@H](N1)C(=O)OCC(C)(C)C2. The van der Waals surface area contributed by atoms with Crippen molar-refractivity contribution >= 4 is 40.6 Å². The number of aromatic nitrogens is 2. The molecule has 6 heterocycles. The lowest BCUT2D eigenvalue weighted by Crippen LogP contribution is -2.65. The molecule has 5 atom stereocenters. The van der Waals surface area contributed by atoms with E-state index in [9.17, 15) is 29.1 Å². The first kappa shape index (κ1) is 48.4. The summed E-state index contributed by atoms with van der Waals surface area (Å²) in [5, 5.41) is 19.8. The number of pyridine rings is 1. The monoisotopic (exact) mass is 934 g/mol. The van der Waals surface area contributed by atoms with Crippen molar-refractivity contribution in [1.82, 2.24) is 45.3 Å². The first-order valence-corrected chi connectivity index (χ1v) is 23.9. The van der Waals surface area contributed by atoms with Gasteiger partial charge in [0.25, 0.3) is 5.91 Å². The van der Waals surface area contributed by atoms with Gasteiger partial charge in [-0.1, -0.05) is 39.8 Å². The number of phenols is 1. The number of rotatable bonds is 10. The van der Waals surface area contributed by atoms with Crippen LogP contribution in [0.15, 0.2) is 54.7 Å². The van der Waals surface area contributed by atoms with Gasteiger partial charge in [0, 0.05) is 88.4 Å². The van der Waals surface area contributed by atoms with E-state index in [1.807, 2.05) is 39.0 Å². The molecule has 4 N–H and O–H groups in total. The number of likely N-dealkylation sites (N-methyl/N-ethyl adjacent to an activating group) is 2. The predicted octanol–water partition coefficient (Wildman–Crippen LogP) is 4.64.